The fraction of sp³-hybridized carbons (Fsp3) is 0.625. The maximum atomic E-state index is 5.22. The maximum Gasteiger partial charge on any atom is 0.127 e. The number of rotatable bonds is 4. The molecule has 1 aliphatic carbocycles. The minimum Gasteiger partial charge on any atom is -0.497 e. The van der Waals surface area contributed by atoms with E-state index in [0.29, 0.717) is 0 Å². The number of hydrogen-bond acceptors (Lipinski definition) is 3. The summed E-state index contributed by atoms with van der Waals surface area (Å²) >= 11 is 0. The standard InChI is InChI=1S/C10H15NO2.C6H12/c1-11-7-8-4-5-9(12-2)6-10(8)13-3;1-2-4-6-5-3-1/h4-6,11H,7H2,1-3H3;1-6H2. The second kappa shape index (κ2) is 9.68. The lowest BCUT2D eigenvalue weighted by atomic mass is 10.0. The van der Waals surface area contributed by atoms with Crippen molar-refractivity contribution in [3.63, 3.8) is 0 Å². The van der Waals surface area contributed by atoms with E-state index < -0.39 is 0 Å². The van der Waals surface area contributed by atoms with Crippen molar-refractivity contribution >= 4 is 0 Å². The van der Waals surface area contributed by atoms with Crippen LogP contribution >= 0.6 is 0 Å². The first kappa shape index (κ1) is 15.8. The summed E-state index contributed by atoms with van der Waals surface area (Å²) in [6, 6.07) is 5.80. The van der Waals surface area contributed by atoms with Gasteiger partial charge in [-0.05, 0) is 13.1 Å². The Balaban J connectivity index is 0.000000250. The van der Waals surface area contributed by atoms with Gasteiger partial charge in [0.2, 0.25) is 0 Å². The first-order valence-electron chi connectivity index (χ1n) is 7.17. The fourth-order valence-electron chi connectivity index (χ4n) is 2.25. The summed E-state index contributed by atoms with van der Waals surface area (Å²) in [5.41, 5.74) is 1.13. The molecule has 1 aromatic carbocycles. The summed E-state index contributed by atoms with van der Waals surface area (Å²) < 4.78 is 10.3. The number of ether oxygens (including phenoxy) is 2. The van der Waals surface area contributed by atoms with Crippen LogP contribution in [0, 0.1) is 0 Å². The smallest absolute Gasteiger partial charge is 0.127 e. The van der Waals surface area contributed by atoms with Gasteiger partial charge in [-0.2, -0.15) is 0 Å². The molecular formula is C16H27NO2. The van der Waals surface area contributed by atoms with Gasteiger partial charge in [-0.25, -0.2) is 0 Å². The largest absolute Gasteiger partial charge is 0.497 e. The second-order valence-corrected chi connectivity index (χ2v) is 4.83. The third kappa shape index (κ3) is 5.97. The molecule has 1 fully saturated rings. The van der Waals surface area contributed by atoms with E-state index in [2.05, 4.69) is 5.32 Å². The highest BCUT2D eigenvalue weighted by molar-refractivity contribution is 5.40. The predicted molar refractivity (Wildman–Crippen MR) is 80.0 cm³/mol. The van der Waals surface area contributed by atoms with E-state index in [1.165, 1.54) is 38.5 Å². The van der Waals surface area contributed by atoms with Crippen LogP contribution in [0.1, 0.15) is 44.1 Å². The molecular weight excluding hydrogens is 238 g/mol. The highest BCUT2D eigenvalue weighted by Gasteiger charge is 2.02. The summed E-state index contributed by atoms with van der Waals surface area (Å²) in [6.45, 7) is 0.799. The summed E-state index contributed by atoms with van der Waals surface area (Å²) in [5, 5.41) is 3.08. The Morgan fingerprint density at radius 2 is 1.53 bits per heavy atom. The van der Waals surface area contributed by atoms with Gasteiger partial charge in [0.15, 0.2) is 0 Å². The Morgan fingerprint density at radius 1 is 0.947 bits per heavy atom. The molecule has 1 aliphatic rings. The Labute approximate surface area is 117 Å². The minimum absolute atomic E-state index is 0.799. The SMILES string of the molecule is C1CCCCC1.CNCc1ccc(OC)cc1OC. The van der Waals surface area contributed by atoms with Crippen LogP contribution in [0.4, 0.5) is 0 Å². The first-order valence-corrected chi connectivity index (χ1v) is 7.17. The minimum atomic E-state index is 0.799. The van der Waals surface area contributed by atoms with Crippen LogP contribution in [-0.4, -0.2) is 21.3 Å². The van der Waals surface area contributed by atoms with Crippen molar-refractivity contribution in [1.82, 2.24) is 5.32 Å². The molecule has 0 atom stereocenters. The van der Waals surface area contributed by atoms with Gasteiger partial charge in [0.25, 0.3) is 0 Å². The Bertz CT molecular complexity index is 337. The predicted octanol–water partition coefficient (Wildman–Crippen LogP) is 3.76. The Hall–Kier alpha value is -1.22. The zero-order chi connectivity index (χ0) is 13.9. The molecule has 0 radical (unpaired) electrons. The van der Waals surface area contributed by atoms with E-state index in [4.69, 9.17) is 9.47 Å². The zero-order valence-corrected chi connectivity index (χ0v) is 12.5. The van der Waals surface area contributed by atoms with Crippen LogP contribution < -0.4 is 14.8 Å². The van der Waals surface area contributed by atoms with Crippen LogP contribution in [0.3, 0.4) is 0 Å². The molecule has 1 aromatic rings. The third-order valence-corrected chi connectivity index (χ3v) is 3.36. The van der Waals surface area contributed by atoms with Crippen LogP contribution in [0.5, 0.6) is 11.5 Å². The summed E-state index contributed by atoms with van der Waals surface area (Å²) in [5.74, 6) is 1.67. The van der Waals surface area contributed by atoms with Gasteiger partial charge < -0.3 is 14.8 Å². The summed E-state index contributed by atoms with van der Waals surface area (Å²) in [6.07, 6.45) is 9.00. The van der Waals surface area contributed by atoms with E-state index in [-0.39, 0.29) is 0 Å². The number of benzene rings is 1. The molecule has 2 rings (SSSR count). The Morgan fingerprint density at radius 3 is 1.95 bits per heavy atom. The summed E-state index contributed by atoms with van der Waals surface area (Å²) in [4.78, 5) is 0. The van der Waals surface area contributed by atoms with Crippen molar-refractivity contribution in [3.8, 4) is 11.5 Å². The van der Waals surface area contributed by atoms with Crippen molar-refractivity contribution < 1.29 is 9.47 Å². The molecule has 0 saturated heterocycles. The van der Waals surface area contributed by atoms with Crippen LogP contribution in [0.25, 0.3) is 0 Å². The highest BCUT2D eigenvalue weighted by Crippen LogP contribution is 2.24. The molecule has 1 saturated carbocycles. The molecule has 19 heavy (non-hydrogen) atoms. The van der Waals surface area contributed by atoms with Crippen molar-refractivity contribution in [2.24, 2.45) is 0 Å². The molecule has 0 spiro atoms. The van der Waals surface area contributed by atoms with Gasteiger partial charge in [-0.1, -0.05) is 44.6 Å². The number of hydrogen-bond donors (Lipinski definition) is 1. The van der Waals surface area contributed by atoms with Gasteiger partial charge in [0.1, 0.15) is 11.5 Å². The molecule has 108 valence electrons. The van der Waals surface area contributed by atoms with Gasteiger partial charge in [-0.15, -0.1) is 0 Å². The molecule has 3 heteroatoms. The number of nitrogens with one attached hydrogen (secondary N) is 1. The molecule has 3 nitrogen and oxygen atoms in total. The molecule has 0 amide bonds. The van der Waals surface area contributed by atoms with Gasteiger partial charge in [-0.3, -0.25) is 0 Å². The topological polar surface area (TPSA) is 30.5 Å². The maximum absolute atomic E-state index is 5.22. The average molecular weight is 265 g/mol. The third-order valence-electron chi connectivity index (χ3n) is 3.36. The van der Waals surface area contributed by atoms with Gasteiger partial charge >= 0.3 is 0 Å². The zero-order valence-electron chi connectivity index (χ0n) is 12.5. The van der Waals surface area contributed by atoms with E-state index in [1.54, 1.807) is 14.2 Å². The van der Waals surface area contributed by atoms with Crippen molar-refractivity contribution in [3.05, 3.63) is 23.8 Å². The fourth-order valence-corrected chi connectivity index (χ4v) is 2.25. The Kier molecular flexibility index (Phi) is 8.07. The molecule has 0 aromatic heterocycles. The average Bonchev–Trinajstić information content (AvgIpc) is 2.50. The second-order valence-electron chi connectivity index (χ2n) is 4.83. The van der Waals surface area contributed by atoms with Crippen LogP contribution in [0.2, 0.25) is 0 Å². The van der Waals surface area contributed by atoms with Gasteiger partial charge in [0, 0.05) is 18.2 Å². The van der Waals surface area contributed by atoms with E-state index >= 15 is 0 Å². The molecule has 0 bridgehead atoms. The lowest BCUT2D eigenvalue weighted by Crippen LogP contribution is -2.06. The van der Waals surface area contributed by atoms with E-state index in [9.17, 15) is 0 Å². The van der Waals surface area contributed by atoms with E-state index in [1.807, 2.05) is 25.2 Å². The van der Waals surface area contributed by atoms with Crippen LogP contribution in [-0.2, 0) is 6.54 Å². The van der Waals surface area contributed by atoms with Crippen LogP contribution in [0.15, 0.2) is 18.2 Å². The molecule has 0 aliphatic heterocycles. The molecule has 1 N–H and O–H groups in total. The monoisotopic (exact) mass is 265 g/mol. The van der Waals surface area contributed by atoms with E-state index in [0.717, 1.165) is 23.6 Å². The van der Waals surface area contributed by atoms with Crippen molar-refractivity contribution in [2.45, 2.75) is 45.1 Å². The highest BCUT2D eigenvalue weighted by atomic mass is 16.5. The normalized spacial score (nSPS) is 14.3. The molecule has 0 unspecified atom stereocenters. The lowest BCUT2D eigenvalue weighted by molar-refractivity contribution is 0.390. The first-order chi connectivity index (χ1) is 9.31. The molecule has 0 heterocycles. The summed E-state index contributed by atoms with van der Waals surface area (Å²) in [7, 11) is 5.21. The van der Waals surface area contributed by atoms with Crippen molar-refractivity contribution in [2.75, 3.05) is 21.3 Å². The van der Waals surface area contributed by atoms with Crippen molar-refractivity contribution in [1.29, 1.82) is 0 Å². The van der Waals surface area contributed by atoms with Gasteiger partial charge in [0.05, 0.1) is 14.2 Å². The lowest BCUT2D eigenvalue weighted by Gasteiger charge is -2.09. The number of methoxy groups -OCH3 is 2. The quantitative estimate of drug-likeness (QED) is 0.899.